The van der Waals surface area contributed by atoms with Gasteiger partial charge in [-0.15, -0.1) is 0 Å². The standard InChI is InChI=1S/C11H11BrCl2/c12-7-11(4-5-11)6-8-9(13)2-1-3-10(8)14/h1-3H,4-7H2. The smallest absolute Gasteiger partial charge is 0.0453 e. The van der Waals surface area contributed by atoms with E-state index in [9.17, 15) is 0 Å². The molecule has 0 spiro atoms. The molecular weight excluding hydrogens is 283 g/mol. The van der Waals surface area contributed by atoms with E-state index in [4.69, 9.17) is 23.2 Å². The molecule has 0 radical (unpaired) electrons. The predicted octanol–water partition coefficient (Wildman–Crippen LogP) is 4.71. The Morgan fingerprint density at radius 3 is 2.21 bits per heavy atom. The van der Waals surface area contributed by atoms with Crippen LogP contribution in [0.25, 0.3) is 0 Å². The Balaban J connectivity index is 2.24. The minimum Gasteiger partial charge on any atom is -0.0922 e. The highest BCUT2D eigenvalue weighted by Crippen LogP contribution is 2.51. The van der Waals surface area contributed by atoms with Crippen LogP contribution in [-0.2, 0) is 6.42 Å². The van der Waals surface area contributed by atoms with Crippen LogP contribution in [0.4, 0.5) is 0 Å². The van der Waals surface area contributed by atoms with Gasteiger partial charge in [0.1, 0.15) is 0 Å². The van der Waals surface area contributed by atoms with Gasteiger partial charge in [0, 0.05) is 15.4 Å². The molecule has 0 nitrogen and oxygen atoms in total. The van der Waals surface area contributed by atoms with Crippen molar-refractivity contribution in [3.05, 3.63) is 33.8 Å². The van der Waals surface area contributed by atoms with E-state index in [1.54, 1.807) is 0 Å². The molecule has 2 rings (SSSR count). The molecule has 1 aliphatic carbocycles. The Morgan fingerprint density at radius 1 is 1.21 bits per heavy atom. The highest BCUT2D eigenvalue weighted by Gasteiger charge is 2.42. The molecule has 0 atom stereocenters. The molecular formula is C11H11BrCl2. The van der Waals surface area contributed by atoms with Crippen LogP contribution in [0.3, 0.4) is 0 Å². The third kappa shape index (κ3) is 2.10. The number of alkyl halides is 1. The second-order valence-electron chi connectivity index (χ2n) is 4.01. The molecule has 1 aromatic rings. The van der Waals surface area contributed by atoms with Crippen LogP contribution in [-0.4, -0.2) is 5.33 Å². The fourth-order valence-electron chi connectivity index (χ4n) is 1.61. The first-order chi connectivity index (χ1) is 6.67. The number of halogens is 3. The highest BCUT2D eigenvalue weighted by atomic mass is 79.9. The average Bonchev–Trinajstić information content (AvgIpc) is 2.93. The summed E-state index contributed by atoms with van der Waals surface area (Å²) >= 11 is 15.8. The fourth-order valence-corrected chi connectivity index (χ4v) is 2.90. The van der Waals surface area contributed by atoms with Crippen LogP contribution in [0.1, 0.15) is 18.4 Å². The molecule has 1 fully saturated rings. The molecule has 0 unspecified atom stereocenters. The van der Waals surface area contributed by atoms with Gasteiger partial charge in [-0.2, -0.15) is 0 Å². The van der Waals surface area contributed by atoms with Gasteiger partial charge in [-0.05, 0) is 42.4 Å². The van der Waals surface area contributed by atoms with Gasteiger partial charge >= 0.3 is 0 Å². The second kappa shape index (κ2) is 4.03. The SMILES string of the molecule is Clc1cccc(Cl)c1CC1(CBr)CC1. The average molecular weight is 294 g/mol. The van der Waals surface area contributed by atoms with E-state index in [0.717, 1.165) is 27.4 Å². The first kappa shape index (κ1) is 10.8. The molecule has 1 aromatic carbocycles. The van der Waals surface area contributed by atoms with Gasteiger partial charge < -0.3 is 0 Å². The number of benzene rings is 1. The predicted molar refractivity (Wildman–Crippen MR) is 65.6 cm³/mol. The van der Waals surface area contributed by atoms with Crippen molar-refractivity contribution in [1.82, 2.24) is 0 Å². The van der Waals surface area contributed by atoms with Crippen molar-refractivity contribution in [2.24, 2.45) is 5.41 Å². The summed E-state index contributed by atoms with van der Waals surface area (Å²) in [5.41, 5.74) is 1.53. The van der Waals surface area contributed by atoms with Gasteiger partial charge in [0.05, 0.1) is 0 Å². The lowest BCUT2D eigenvalue weighted by Crippen LogP contribution is -2.07. The van der Waals surface area contributed by atoms with E-state index >= 15 is 0 Å². The second-order valence-corrected chi connectivity index (χ2v) is 5.39. The monoisotopic (exact) mass is 292 g/mol. The molecule has 76 valence electrons. The lowest BCUT2D eigenvalue weighted by Gasteiger charge is -2.13. The van der Waals surface area contributed by atoms with Crippen molar-refractivity contribution in [3.63, 3.8) is 0 Å². The molecule has 3 heteroatoms. The number of hydrogen-bond donors (Lipinski definition) is 0. The number of rotatable bonds is 3. The van der Waals surface area contributed by atoms with Gasteiger partial charge in [-0.3, -0.25) is 0 Å². The normalized spacial score (nSPS) is 18.2. The van der Waals surface area contributed by atoms with E-state index in [2.05, 4.69) is 15.9 Å². The largest absolute Gasteiger partial charge is 0.0922 e. The molecule has 0 saturated heterocycles. The lowest BCUT2D eigenvalue weighted by molar-refractivity contribution is 0.587. The summed E-state index contributed by atoms with van der Waals surface area (Å²) in [5.74, 6) is 0. The van der Waals surface area contributed by atoms with Gasteiger partial charge in [0.2, 0.25) is 0 Å². The summed E-state index contributed by atoms with van der Waals surface area (Å²) in [4.78, 5) is 0. The van der Waals surface area contributed by atoms with E-state index in [1.807, 2.05) is 18.2 Å². The Labute approximate surface area is 103 Å². The Kier molecular flexibility index (Phi) is 3.11. The molecule has 1 aliphatic rings. The van der Waals surface area contributed by atoms with Gasteiger partial charge in [-0.1, -0.05) is 45.2 Å². The fraction of sp³-hybridized carbons (Fsp3) is 0.455. The Hall–Kier alpha value is 0.280. The van der Waals surface area contributed by atoms with Crippen LogP contribution >= 0.6 is 39.1 Å². The molecule has 0 N–H and O–H groups in total. The van der Waals surface area contributed by atoms with Crippen molar-refractivity contribution in [1.29, 1.82) is 0 Å². The maximum Gasteiger partial charge on any atom is 0.0453 e. The summed E-state index contributed by atoms with van der Waals surface area (Å²) in [7, 11) is 0. The van der Waals surface area contributed by atoms with Crippen molar-refractivity contribution in [3.8, 4) is 0 Å². The molecule has 14 heavy (non-hydrogen) atoms. The van der Waals surface area contributed by atoms with Crippen molar-refractivity contribution in [2.75, 3.05) is 5.33 Å². The summed E-state index contributed by atoms with van der Waals surface area (Å²) in [6.07, 6.45) is 3.55. The van der Waals surface area contributed by atoms with Crippen molar-refractivity contribution in [2.45, 2.75) is 19.3 Å². The van der Waals surface area contributed by atoms with Crippen molar-refractivity contribution < 1.29 is 0 Å². The Bertz CT molecular complexity index is 325. The van der Waals surface area contributed by atoms with E-state index < -0.39 is 0 Å². The van der Waals surface area contributed by atoms with Crippen LogP contribution in [0, 0.1) is 5.41 Å². The third-order valence-corrected chi connectivity index (χ3v) is 4.75. The zero-order valence-electron chi connectivity index (χ0n) is 7.69. The first-order valence-corrected chi connectivity index (χ1v) is 6.53. The minimum atomic E-state index is 0.425. The molecule has 0 aromatic heterocycles. The third-order valence-electron chi connectivity index (χ3n) is 2.85. The highest BCUT2D eigenvalue weighted by molar-refractivity contribution is 9.09. The van der Waals surface area contributed by atoms with E-state index in [-0.39, 0.29) is 0 Å². The zero-order chi connectivity index (χ0) is 10.2. The van der Waals surface area contributed by atoms with Gasteiger partial charge in [-0.25, -0.2) is 0 Å². The van der Waals surface area contributed by atoms with E-state index in [0.29, 0.717) is 5.41 Å². The van der Waals surface area contributed by atoms with Crippen LogP contribution in [0.5, 0.6) is 0 Å². The van der Waals surface area contributed by atoms with Crippen LogP contribution in [0.2, 0.25) is 10.0 Å². The maximum absolute atomic E-state index is 6.12. The molecule has 0 amide bonds. The molecule has 1 saturated carbocycles. The molecule has 0 heterocycles. The maximum atomic E-state index is 6.12. The minimum absolute atomic E-state index is 0.425. The zero-order valence-corrected chi connectivity index (χ0v) is 10.8. The van der Waals surface area contributed by atoms with E-state index in [1.165, 1.54) is 12.8 Å². The summed E-state index contributed by atoms with van der Waals surface area (Å²) < 4.78 is 0. The van der Waals surface area contributed by atoms with Gasteiger partial charge in [0.25, 0.3) is 0 Å². The summed E-state index contributed by atoms with van der Waals surface area (Å²) in [5, 5.41) is 2.64. The topological polar surface area (TPSA) is 0 Å². The van der Waals surface area contributed by atoms with Crippen LogP contribution < -0.4 is 0 Å². The lowest BCUT2D eigenvalue weighted by atomic mass is 9.98. The quantitative estimate of drug-likeness (QED) is 0.708. The Morgan fingerprint density at radius 2 is 1.79 bits per heavy atom. The molecule has 0 bridgehead atoms. The van der Waals surface area contributed by atoms with Crippen molar-refractivity contribution >= 4 is 39.1 Å². The van der Waals surface area contributed by atoms with Crippen LogP contribution in [0.15, 0.2) is 18.2 Å². The summed E-state index contributed by atoms with van der Waals surface area (Å²) in [6, 6.07) is 5.71. The molecule has 0 aliphatic heterocycles. The van der Waals surface area contributed by atoms with Gasteiger partial charge in [0.15, 0.2) is 0 Å². The summed E-state index contributed by atoms with van der Waals surface area (Å²) in [6.45, 7) is 0. The first-order valence-electron chi connectivity index (χ1n) is 4.66. The number of hydrogen-bond acceptors (Lipinski definition) is 0.